The van der Waals surface area contributed by atoms with E-state index in [4.69, 9.17) is 9.72 Å². The van der Waals surface area contributed by atoms with Crippen LogP contribution in [0.2, 0.25) is 0 Å². The molecular weight excluding hydrogens is 488 g/mol. The Morgan fingerprint density at radius 2 is 1.56 bits per heavy atom. The average molecular weight is 527 g/mol. The molecule has 7 heteroatoms. The normalized spacial score (nSPS) is 21.3. The van der Waals surface area contributed by atoms with Crippen LogP contribution in [0.3, 0.4) is 0 Å². The van der Waals surface area contributed by atoms with Crippen molar-refractivity contribution in [1.82, 2.24) is 19.7 Å². The number of piperidine rings is 2. The summed E-state index contributed by atoms with van der Waals surface area (Å²) in [5.74, 6) is 0.476. The van der Waals surface area contributed by atoms with Gasteiger partial charge in [-0.05, 0) is 50.8 Å². The molecule has 3 fully saturated rings. The maximum Gasteiger partial charge on any atom is 0.254 e. The quantitative estimate of drug-likeness (QED) is 0.505. The summed E-state index contributed by atoms with van der Waals surface area (Å²) in [7, 11) is 0. The van der Waals surface area contributed by atoms with Crippen molar-refractivity contribution in [3.63, 3.8) is 0 Å². The Hall–Kier alpha value is -3.29. The number of carbonyl (C=O) groups is 2. The molecule has 3 aliphatic heterocycles. The summed E-state index contributed by atoms with van der Waals surface area (Å²) in [5.41, 5.74) is 4.46. The van der Waals surface area contributed by atoms with Crippen LogP contribution in [0.25, 0.3) is 22.2 Å². The highest BCUT2D eigenvalue weighted by Crippen LogP contribution is 2.32. The number of pyridine rings is 1. The number of fused-ring (bicyclic) bond motifs is 1. The number of nitrogens with zero attached hydrogens (tertiary/aromatic N) is 4. The van der Waals surface area contributed by atoms with Gasteiger partial charge in [0.05, 0.1) is 35.9 Å². The molecule has 3 saturated heterocycles. The van der Waals surface area contributed by atoms with Crippen LogP contribution in [0, 0.1) is 12.8 Å². The van der Waals surface area contributed by atoms with Crippen molar-refractivity contribution >= 4 is 22.7 Å². The predicted octanol–water partition coefficient (Wildman–Crippen LogP) is 4.39. The first-order valence-electron chi connectivity index (χ1n) is 14.4. The first-order chi connectivity index (χ1) is 19.1. The van der Waals surface area contributed by atoms with Crippen LogP contribution in [0.4, 0.5) is 0 Å². The van der Waals surface area contributed by atoms with Gasteiger partial charge >= 0.3 is 0 Å². The molecule has 39 heavy (non-hydrogen) atoms. The number of morpholine rings is 1. The van der Waals surface area contributed by atoms with Gasteiger partial charge in [0.2, 0.25) is 5.91 Å². The van der Waals surface area contributed by atoms with Crippen LogP contribution in [-0.4, -0.2) is 90.0 Å². The summed E-state index contributed by atoms with van der Waals surface area (Å²) in [4.78, 5) is 38.7. The number of carbonyl (C=O) groups excluding carboxylic acids is 2. The van der Waals surface area contributed by atoms with Gasteiger partial charge in [-0.15, -0.1) is 0 Å². The maximum absolute atomic E-state index is 14.0. The Bertz CT molecular complexity index is 1330. The lowest BCUT2D eigenvalue weighted by Crippen LogP contribution is -2.53. The van der Waals surface area contributed by atoms with Crippen LogP contribution in [0.15, 0.2) is 54.6 Å². The van der Waals surface area contributed by atoms with Crippen LogP contribution in [0.1, 0.15) is 41.6 Å². The average Bonchev–Trinajstić information content (AvgIpc) is 3.01. The molecule has 2 aromatic carbocycles. The SMILES string of the molecule is Cc1c(-c2ccccc2)nc2ccccc2c1C(=O)N1CCC(N2CCC[C@@H](C(=O)N3CCOCC3)C2)CC1. The molecule has 2 amide bonds. The van der Waals surface area contributed by atoms with Crippen molar-refractivity contribution in [3.05, 3.63) is 65.7 Å². The number of amides is 2. The molecule has 0 radical (unpaired) electrons. The zero-order valence-electron chi connectivity index (χ0n) is 22.8. The van der Waals surface area contributed by atoms with Gasteiger partial charge in [0.15, 0.2) is 0 Å². The molecule has 204 valence electrons. The van der Waals surface area contributed by atoms with E-state index in [-0.39, 0.29) is 11.8 Å². The fourth-order valence-corrected chi connectivity index (χ4v) is 6.63. The largest absolute Gasteiger partial charge is 0.378 e. The van der Waals surface area contributed by atoms with Crippen molar-refractivity contribution in [2.45, 2.75) is 38.6 Å². The first-order valence-corrected chi connectivity index (χ1v) is 14.4. The van der Waals surface area contributed by atoms with E-state index in [0.29, 0.717) is 38.3 Å². The number of para-hydroxylation sites is 1. The zero-order chi connectivity index (χ0) is 26.8. The highest BCUT2D eigenvalue weighted by molar-refractivity contribution is 6.09. The standard InChI is InChI=1S/C32H38N4O3/c1-23-29(27-11-5-6-12-28(27)33-30(23)24-8-3-2-4-9-24)32(38)34-16-13-26(14-17-34)36-15-7-10-25(22-36)31(37)35-18-20-39-21-19-35/h2-6,8-9,11-12,25-26H,7,10,13-22H2,1H3/t25-/m1/s1. The second kappa shape index (κ2) is 11.4. The molecule has 0 unspecified atom stereocenters. The third kappa shape index (κ3) is 5.30. The van der Waals surface area contributed by atoms with E-state index >= 15 is 0 Å². The predicted molar refractivity (Wildman–Crippen MR) is 153 cm³/mol. The Kier molecular flexibility index (Phi) is 7.62. The number of benzene rings is 2. The molecule has 0 bridgehead atoms. The topological polar surface area (TPSA) is 66.0 Å². The highest BCUT2D eigenvalue weighted by atomic mass is 16.5. The van der Waals surface area contributed by atoms with E-state index in [0.717, 1.165) is 85.1 Å². The molecule has 0 aliphatic carbocycles. The molecule has 6 rings (SSSR count). The fraction of sp³-hybridized carbons (Fsp3) is 0.469. The zero-order valence-corrected chi connectivity index (χ0v) is 22.8. The van der Waals surface area contributed by atoms with Gasteiger partial charge in [0.1, 0.15) is 0 Å². The number of rotatable bonds is 4. The lowest BCUT2D eigenvalue weighted by molar-refractivity contribution is -0.141. The third-order valence-electron chi connectivity index (χ3n) is 8.79. The van der Waals surface area contributed by atoms with E-state index in [1.807, 2.05) is 59.2 Å². The summed E-state index contributed by atoms with van der Waals surface area (Å²) >= 11 is 0. The summed E-state index contributed by atoms with van der Waals surface area (Å²) in [6, 6.07) is 18.5. The summed E-state index contributed by atoms with van der Waals surface area (Å²) in [6.45, 7) is 8.10. The Labute approximate surface area is 230 Å². The van der Waals surface area contributed by atoms with Crippen molar-refractivity contribution in [3.8, 4) is 11.3 Å². The van der Waals surface area contributed by atoms with E-state index in [2.05, 4.69) is 17.0 Å². The van der Waals surface area contributed by atoms with Gasteiger partial charge in [-0.25, -0.2) is 4.98 Å². The molecule has 0 N–H and O–H groups in total. The van der Waals surface area contributed by atoms with E-state index in [1.165, 1.54) is 0 Å². The number of hydrogen-bond acceptors (Lipinski definition) is 5. The van der Waals surface area contributed by atoms with Gasteiger partial charge in [0, 0.05) is 49.7 Å². The van der Waals surface area contributed by atoms with Gasteiger partial charge in [0.25, 0.3) is 5.91 Å². The summed E-state index contributed by atoms with van der Waals surface area (Å²) in [5, 5.41) is 0.919. The molecule has 1 aromatic heterocycles. The smallest absolute Gasteiger partial charge is 0.254 e. The maximum atomic E-state index is 14.0. The van der Waals surface area contributed by atoms with Crippen molar-refractivity contribution in [1.29, 1.82) is 0 Å². The summed E-state index contributed by atoms with van der Waals surface area (Å²) in [6.07, 6.45) is 3.92. The van der Waals surface area contributed by atoms with Gasteiger partial charge in [-0.3, -0.25) is 14.5 Å². The van der Waals surface area contributed by atoms with Crippen molar-refractivity contribution in [2.75, 3.05) is 52.5 Å². The Morgan fingerprint density at radius 3 is 2.33 bits per heavy atom. The lowest BCUT2D eigenvalue weighted by atomic mass is 9.92. The first kappa shape index (κ1) is 26.0. The number of aromatic nitrogens is 1. The molecule has 3 aliphatic rings. The van der Waals surface area contributed by atoms with Crippen LogP contribution >= 0.6 is 0 Å². The second-order valence-electron chi connectivity index (χ2n) is 11.1. The van der Waals surface area contributed by atoms with Crippen LogP contribution in [-0.2, 0) is 9.53 Å². The number of likely N-dealkylation sites (tertiary alicyclic amines) is 2. The fourth-order valence-electron chi connectivity index (χ4n) is 6.63. The van der Waals surface area contributed by atoms with Crippen LogP contribution in [0.5, 0.6) is 0 Å². The van der Waals surface area contributed by atoms with Gasteiger partial charge in [-0.2, -0.15) is 0 Å². The van der Waals surface area contributed by atoms with E-state index in [1.54, 1.807) is 0 Å². The van der Waals surface area contributed by atoms with E-state index < -0.39 is 0 Å². The Balaban J connectivity index is 1.16. The molecule has 3 aromatic rings. The van der Waals surface area contributed by atoms with Gasteiger partial charge in [-0.1, -0.05) is 48.5 Å². The van der Waals surface area contributed by atoms with Crippen molar-refractivity contribution < 1.29 is 14.3 Å². The minimum atomic E-state index is 0.0822. The molecule has 0 saturated carbocycles. The molecular formula is C32H38N4O3. The molecule has 7 nitrogen and oxygen atoms in total. The molecule has 1 atom stereocenters. The third-order valence-corrected chi connectivity index (χ3v) is 8.79. The number of hydrogen-bond donors (Lipinski definition) is 0. The van der Waals surface area contributed by atoms with E-state index in [9.17, 15) is 9.59 Å². The minimum Gasteiger partial charge on any atom is -0.378 e. The minimum absolute atomic E-state index is 0.0822. The Morgan fingerprint density at radius 1 is 0.846 bits per heavy atom. The second-order valence-corrected chi connectivity index (χ2v) is 11.1. The highest BCUT2D eigenvalue weighted by Gasteiger charge is 2.35. The van der Waals surface area contributed by atoms with Crippen LogP contribution < -0.4 is 0 Å². The van der Waals surface area contributed by atoms with Crippen molar-refractivity contribution in [2.24, 2.45) is 5.92 Å². The van der Waals surface area contributed by atoms with Gasteiger partial charge < -0.3 is 14.5 Å². The summed E-state index contributed by atoms with van der Waals surface area (Å²) < 4.78 is 5.43. The molecule has 4 heterocycles. The number of ether oxygens (including phenoxy) is 1. The lowest BCUT2D eigenvalue weighted by Gasteiger charge is -2.43. The monoisotopic (exact) mass is 526 g/mol. The molecule has 0 spiro atoms.